The Kier molecular flexibility index (Phi) is 8.30. The van der Waals surface area contributed by atoms with Gasteiger partial charge in [0.15, 0.2) is 5.78 Å². The van der Waals surface area contributed by atoms with Gasteiger partial charge in [0.1, 0.15) is 11.9 Å². The van der Waals surface area contributed by atoms with Crippen molar-refractivity contribution in [3.8, 4) is 11.5 Å². The Balaban J connectivity index is 1.18. The van der Waals surface area contributed by atoms with Crippen LogP contribution in [-0.2, 0) is 24.5 Å². The van der Waals surface area contributed by atoms with Crippen molar-refractivity contribution in [2.45, 2.75) is 131 Å². The van der Waals surface area contributed by atoms with Crippen molar-refractivity contribution in [3.63, 3.8) is 0 Å². The zero-order valence-corrected chi connectivity index (χ0v) is 30.7. The number of carboxylic acids is 1. The highest BCUT2D eigenvalue weighted by molar-refractivity contribution is 6.01. The quantitative estimate of drug-likeness (QED) is 0.287. The van der Waals surface area contributed by atoms with E-state index in [1.807, 2.05) is 0 Å². The Hall–Kier alpha value is -3.36. The fraction of sp³-hybridized carbons (Fsp3) is 0.683. The summed E-state index contributed by atoms with van der Waals surface area (Å²) in [6.07, 6.45) is 8.45. The van der Waals surface area contributed by atoms with Crippen molar-refractivity contribution < 1.29 is 33.0 Å². The molecular weight excluding hydrogens is 635 g/mol. The maximum absolute atomic E-state index is 14.8. The van der Waals surface area contributed by atoms with Crippen molar-refractivity contribution in [1.82, 2.24) is 10.2 Å². The average Bonchev–Trinajstić information content (AvgIpc) is 3.65. The van der Waals surface area contributed by atoms with E-state index in [0.717, 1.165) is 63.4 Å². The lowest BCUT2D eigenvalue weighted by atomic mass is 9.34. The molecule has 4 saturated carbocycles. The highest BCUT2D eigenvalue weighted by Crippen LogP contribution is 2.75. The molecule has 2 aromatic rings. The Morgan fingerprint density at radius 2 is 1.76 bits per heavy atom. The summed E-state index contributed by atoms with van der Waals surface area (Å²) in [5.74, 6) is 0.108. The topological polar surface area (TPSA) is 120 Å². The molecule has 0 saturated heterocycles. The highest BCUT2D eigenvalue weighted by Gasteiger charge is 2.69. The molecule has 0 bridgehead atoms. The Labute approximate surface area is 295 Å². The molecular formula is C41H53FN2O6. The number of fused-ring (bicyclic) bond motifs is 7. The van der Waals surface area contributed by atoms with E-state index in [-0.39, 0.29) is 57.8 Å². The lowest BCUT2D eigenvalue weighted by Crippen LogP contribution is -2.63. The van der Waals surface area contributed by atoms with Gasteiger partial charge in [-0.1, -0.05) is 46.8 Å². The highest BCUT2D eigenvalue weighted by atomic mass is 19.1. The summed E-state index contributed by atoms with van der Waals surface area (Å²) in [6, 6.07) is 6.43. The van der Waals surface area contributed by atoms with Gasteiger partial charge in [-0.25, -0.2) is 4.39 Å². The second-order valence-electron chi connectivity index (χ2n) is 18.1. The van der Waals surface area contributed by atoms with E-state index in [9.17, 15) is 23.9 Å². The van der Waals surface area contributed by atoms with Crippen LogP contribution in [0.25, 0.3) is 11.5 Å². The molecule has 7 rings (SSSR count). The number of aromatic nitrogens is 2. The van der Waals surface area contributed by atoms with Crippen LogP contribution in [0.3, 0.4) is 0 Å². The van der Waals surface area contributed by atoms with Gasteiger partial charge in [-0.15, -0.1) is 10.2 Å². The van der Waals surface area contributed by atoms with Crippen molar-refractivity contribution in [3.05, 3.63) is 47.1 Å². The number of benzene rings is 1. The Morgan fingerprint density at radius 3 is 2.46 bits per heavy atom. The van der Waals surface area contributed by atoms with Crippen LogP contribution in [-0.4, -0.2) is 39.1 Å². The van der Waals surface area contributed by atoms with Crippen molar-refractivity contribution in [2.75, 3.05) is 0 Å². The average molecular weight is 689 g/mol. The molecule has 0 radical (unpaired) electrons. The van der Waals surface area contributed by atoms with Crippen LogP contribution in [0.5, 0.6) is 0 Å². The number of Topliss-reactive ketones (excluding diaryl/α,β-unsaturated/α-hetero) is 1. The SMILES string of the molecule is CC(C)C1=C2C3CCC4C5(C)CCC(OC(=O)CC(C)(C)C(=O)O)CC5CCC4(C)[C@]3(C)CCC2(c2nnc(-c3ccccc3F)o2)CC1=O. The molecule has 5 aliphatic rings. The summed E-state index contributed by atoms with van der Waals surface area (Å²) in [7, 11) is 0. The summed E-state index contributed by atoms with van der Waals surface area (Å²) in [5, 5.41) is 18.4. The Bertz CT molecular complexity index is 1760. The molecule has 270 valence electrons. The van der Waals surface area contributed by atoms with Gasteiger partial charge >= 0.3 is 11.9 Å². The van der Waals surface area contributed by atoms with E-state index >= 15 is 0 Å². The van der Waals surface area contributed by atoms with Gasteiger partial charge in [-0.05, 0) is 135 Å². The summed E-state index contributed by atoms with van der Waals surface area (Å²) in [4.78, 5) is 38.4. The number of rotatable bonds is 7. The van der Waals surface area contributed by atoms with E-state index in [1.165, 1.54) is 11.6 Å². The monoisotopic (exact) mass is 688 g/mol. The van der Waals surface area contributed by atoms with E-state index in [0.29, 0.717) is 24.1 Å². The van der Waals surface area contributed by atoms with Gasteiger partial charge in [0.25, 0.3) is 5.89 Å². The van der Waals surface area contributed by atoms with Crippen molar-refractivity contribution >= 4 is 17.7 Å². The molecule has 7 unspecified atom stereocenters. The van der Waals surface area contributed by atoms with E-state index in [4.69, 9.17) is 9.15 Å². The summed E-state index contributed by atoms with van der Waals surface area (Å²) >= 11 is 0. The molecule has 1 heterocycles. The fourth-order valence-corrected chi connectivity index (χ4v) is 11.9. The molecule has 0 amide bonds. The van der Waals surface area contributed by atoms with E-state index in [1.54, 1.807) is 32.0 Å². The number of halogens is 1. The number of ketones is 1. The number of hydrogen-bond donors (Lipinski definition) is 1. The number of carbonyl (C=O) groups excluding carboxylic acids is 2. The normalized spacial score (nSPS) is 36.8. The number of carbonyl (C=O) groups is 3. The lowest BCUT2D eigenvalue weighted by Gasteiger charge is -2.70. The van der Waals surface area contributed by atoms with Crippen LogP contribution in [0, 0.1) is 51.1 Å². The summed E-state index contributed by atoms with van der Waals surface area (Å²) in [5.41, 5.74) is 0.681. The zero-order valence-electron chi connectivity index (χ0n) is 30.7. The smallest absolute Gasteiger partial charge is 0.309 e. The first-order valence-corrected chi connectivity index (χ1v) is 18.8. The van der Waals surface area contributed by atoms with Crippen LogP contribution in [0.15, 0.2) is 39.8 Å². The van der Waals surface area contributed by atoms with Gasteiger partial charge in [0.2, 0.25) is 5.89 Å². The first-order chi connectivity index (χ1) is 23.5. The fourth-order valence-electron chi connectivity index (χ4n) is 11.9. The third-order valence-electron chi connectivity index (χ3n) is 14.8. The summed E-state index contributed by atoms with van der Waals surface area (Å²) in [6.45, 7) is 14.9. The molecule has 5 aliphatic carbocycles. The third-order valence-corrected chi connectivity index (χ3v) is 14.8. The molecule has 1 N–H and O–H groups in total. The van der Waals surface area contributed by atoms with Crippen LogP contribution in [0.2, 0.25) is 0 Å². The van der Waals surface area contributed by atoms with Gasteiger partial charge in [-0.2, -0.15) is 0 Å². The molecule has 9 heteroatoms. The number of esters is 1. The molecule has 4 fully saturated rings. The second-order valence-corrected chi connectivity index (χ2v) is 18.1. The molecule has 1 aromatic carbocycles. The predicted octanol–water partition coefficient (Wildman–Crippen LogP) is 8.88. The molecule has 50 heavy (non-hydrogen) atoms. The molecule has 1 aromatic heterocycles. The van der Waals surface area contributed by atoms with Crippen LogP contribution < -0.4 is 0 Å². The van der Waals surface area contributed by atoms with E-state index < -0.39 is 28.6 Å². The van der Waals surface area contributed by atoms with Gasteiger partial charge in [0.05, 0.1) is 22.8 Å². The lowest BCUT2D eigenvalue weighted by molar-refractivity contribution is -0.202. The first-order valence-electron chi connectivity index (χ1n) is 18.8. The van der Waals surface area contributed by atoms with Crippen molar-refractivity contribution in [2.24, 2.45) is 45.3 Å². The number of nitrogens with zero attached hydrogens (tertiary/aromatic N) is 2. The van der Waals surface area contributed by atoms with Crippen LogP contribution in [0.4, 0.5) is 4.39 Å². The molecule has 8 nitrogen and oxygen atoms in total. The third kappa shape index (κ3) is 5.06. The molecule has 0 aliphatic heterocycles. The predicted molar refractivity (Wildman–Crippen MR) is 185 cm³/mol. The number of carboxylic acid groups (broad SMARTS) is 1. The molecule has 0 spiro atoms. The van der Waals surface area contributed by atoms with Crippen LogP contribution in [0.1, 0.15) is 125 Å². The maximum Gasteiger partial charge on any atom is 0.309 e. The number of allylic oxidation sites excluding steroid dienone is 2. The number of hydrogen-bond acceptors (Lipinski definition) is 7. The van der Waals surface area contributed by atoms with Crippen LogP contribution >= 0.6 is 0 Å². The zero-order chi connectivity index (χ0) is 36.0. The Morgan fingerprint density at radius 1 is 1.02 bits per heavy atom. The maximum atomic E-state index is 14.8. The number of ether oxygens (including phenoxy) is 1. The van der Waals surface area contributed by atoms with E-state index in [2.05, 4.69) is 44.8 Å². The molecule has 8 atom stereocenters. The standard InChI is InChI=1S/C41H53FN2O6/c1-23(2)32-29(45)21-41(35-44-43-34(50-35)26-10-8-9-11-28(26)42)19-18-39(6)27(33(32)41)12-13-30-38(5)16-15-25(20-24(38)14-17-40(30,39)7)49-31(46)22-37(3,4)36(47)48/h8-11,23-25,27,30H,12-22H2,1-7H3,(H,47,48)/t24?,25?,27?,30?,38?,39-,40?,41?/m1/s1. The first kappa shape index (κ1) is 35.1. The number of aliphatic carboxylic acids is 1. The second kappa shape index (κ2) is 11.8. The minimum atomic E-state index is -1.15. The van der Waals surface area contributed by atoms with Gasteiger partial charge in [0, 0.05) is 6.42 Å². The van der Waals surface area contributed by atoms with Crippen molar-refractivity contribution in [1.29, 1.82) is 0 Å². The van der Waals surface area contributed by atoms with Gasteiger partial charge < -0.3 is 14.3 Å². The summed E-state index contributed by atoms with van der Waals surface area (Å²) < 4.78 is 27.1. The minimum Gasteiger partial charge on any atom is -0.481 e. The largest absolute Gasteiger partial charge is 0.481 e. The van der Waals surface area contributed by atoms with Gasteiger partial charge in [-0.3, -0.25) is 14.4 Å². The minimum absolute atomic E-state index is 0.0379.